The van der Waals surface area contributed by atoms with Crippen molar-refractivity contribution in [2.75, 3.05) is 0 Å². The Balaban J connectivity index is 1.84. The average molecular weight is 437 g/mol. The number of amides is 1. The van der Waals surface area contributed by atoms with Crippen molar-refractivity contribution in [1.82, 2.24) is 20.6 Å². The maximum Gasteiger partial charge on any atom is 0.573 e. The summed E-state index contributed by atoms with van der Waals surface area (Å²) < 4.78 is 55.3. The lowest BCUT2D eigenvalue weighted by molar-refractivity contribution is -0.274. The van der Waals surface area contributed by atoms with Gasteiger partial charge in [0.15, 0.2) is 0 Å². The zero-order chi connectivity index (χ0) is 22.4. The molecule has 3 aromatic rings. The molecule has 1 atom stereocenters. The Morgan fingerprint density at radius 3 is 2.52 bits per heavy atom. The number of primary amides is 1. The van der Waals surface area contributed by atoms with Crippen LogP contribution >= 0.6 is 0 Å². The molecule has 0 aliphatic rings. The van der Waals surface area contributed by atoms with Gasteiger partial charge in [-0.1, -0.05) is 12.1 Å². The minimum atomic E-state index is -4.77. The number of H-pyrrole nitrogens is 1. The van der Waals surface area contributed by atoms with E-state index in [0.717, 1.165) is 5.56 Å². The second-order valence-electron chi connectivity index (χ2n) is 6.96. The van der Waals surface area contributed by atoms with Crippen LogP contribution in [0, 0.1) is 5.82 Å². The molecule has 2 aromatic carbocycles. The number of carbonyl (C=O) groups excluding carboxylic acids is 1. The van der Waals surface area contributed by atoms with Crippen molar-refractivity contribution in [3.8, 4) is 17.1 Å². The van der Waals surface area contributed by atoms with Crippen molar-refractivity contribution in [1.29, 1.82) is 0 Å². The largest absolute Gasteiger partial charge is 0.573 e. The van der Waals surface area contributed by atoms with Crippen LogP contribution in [0.1, 0.15) is 36.3 Å². The van der Waals surface area contributed by atoms with Crippen LogP contribution in [0.3, 0.4) is 0 Å². The van der Waals surface area contributed by atoms with Crippen molar-refractivity contribution in [3.63, 3.8) is 0 Å². The first-order valence-corrected chi connectivity index (χ1v) is 9.37. The predicted molar refractivity (Wildman–Crippen MR) is 102 cm³/mol. The quantitative estimate of drug-likeness (QED) is 0.494. The SMILES string of the molecule is NC(=O)CCCC(Cc1ccc(OC(F)(F)F)cc1)c1cc(F)cc(-c2nn[nH]n2)c1. The normalized spacial score (nSPS) is 12.5. The van der Waals surface area contributed by atoms with E-state index < -0.39 is 18.1 Å². The number of halogens is 4. The number of carbonyl (C=O) groups is 1. The molecule has 0 radical (unpaired) electrons. The average Bonchev–Trinajstić information content (AvgIpc) is 3.21. The van der Waals surface area contributed by atoms with Crippen molar-refractivity contribution in [2.24, 2.45) is 5.73 Å². The third kappa shape index (κ3) is 6.76. The van der Waals surface area contributed by atoms with E-state index in [0.29, 0.717) is 30.4 Å². The lowest BCUT2D eigenvalue weighted by Crippen LogP contribution is -2.17. The first-order chi connectivity index (χ1) is 14.7. The summed E-state index contributed by atoms with van der Waals surface area (Å²) in [4.78, 5) is 11.1. The monoisotopic (exact) mass is 437 g/mol. The lowest BCUT2D eigenvalue weighted by atomic mass is 9.86. The molecule has 0 saturated carbocycles. The molecular formula is C20H19F4N5O2. The fourth-order valence-corrected chi connectivity index (χ4v) is 3.28. The van der Waals surface area contributed by atoms with Crippen LogP contribution < -0.4 is 10.5 Å². The van der Waals surface area contributed by atoms with Crippen LogP contribution in [0.4, 0.5) is 17.6 Å². The second-order valence-corrected chi connectivity index (χ2v) is 6.96. The molecule has 0 spiro atoms. The number of nitrogens with two attached hydrogens (primary N) is 1. The van der Waals surface area contributed by atoms with Gasteiger partial charge in [0.25, 0.3) is 0 Å². The molecule has 0 saturated heterocycles. The van der Waals surface area contributed by atoms with Gasteiger partial charge in [0.2, 0.25) is 11.7 Å². The number of rotatable bonds is 9. The topological polar surface area (TPSA) is 107 Å². The summed E-state index contributed by atoms with van der Waals surface area (Å²) in [5.74, 6) is -1.27. The fraction of sp³-hybridized carbons (Fsp3) is 0.300. The number of nitrogens with one attached hydrogen (secondary N) is 1. The maximum absolute atomic E-state index is 14.3. The van der Waals surface area contributed by atoms with Crippen LogP contribution in [-0.2, 0) is 11.2 Å². The second kappa shape index (κ2) is 9.54. The lowest BCUT2D eigenvalue weighted by Gasteiger charge is -2.19. The molecule has 1 heterocycles. The third-order valence-corrected chi connectivity index (χ3v) is 4.61. The van der Waals surface area contributed by atoms with Gasteiger partial charge in [0.05, 0.1) is 0 Å². The molecule has 0 fully saturated rings. The molecule has 1 aromatic heterocycles. The highest BCUT2D eigenvalue weighted by molar-refractivity contribution is 5.73. The van der Waals surface area contributed by atoms with Crippen LogP contribution in [0.2, 0.25) is 0 Å². The molecule has 0 aliphatic carbocycles. The number of benzene rings is 2. The van der Waals surface area contributed by atoms with E-state index in [-0.39, 0.29) is 23.9 Å². The number of aromatic amines is 1. The van der Waals surface area contributed by atoms with Crippen LogP contribution in [0.25, 0.3) is 11.4 Å². The molecule has 164 valence electrons. The van der Waals surface area contributed by atoms with Gasteiger partial charge in [-0.05, 0) is 71.9 Å². The summed E-state index contributed by atoms with van der Waals surface area (Å²) in [6, 6.07) is 9.85. The van der Waals surface area contributed by atoms with E-state index in [4.69, 9.17) is 5.73 Å². The predicted octanol–water partition coefficient (Wildman–Crippen LogP) is 3.89. The molecule has 0 bridgehead atoms. The van der Waals surface area contributed by atoms with Crippen LogP contribution in [0.5, 0.6) is 5.75 Å². The Morgan fingerprint density at radius 2 is 1.90 bits per heavy atom. The van der Waals surface area contributed by atoms with Gasteiger partial charge in [0.1, 0.15) is 11.6 Å². The number of hydrogen-bond acceptors (Lipinski definition) is 5. The molecule has 11 heteroatoms. The Kier molecular flexibility index (Phi) is 6.83. The van der Waals surface area contributed by atoms with Crippen molar-refractivity contribution < 1.29 is 27.1 Å². The minimum Gasteiger partial charge on any atom is -0.406 e. The van der Waals surface area contributed by atoms with Gasteiger partial charge in [-0.15, -0.1) is 23.4 Å². The number of alkyl halides is 3. The fourth-order valence-electron chi connectivity index (χ4n) is 3.28. The highest BCUT2D eigenvalue weighted by Crippen LogP contribution is 2.31. The van der Waals surface area contributed by atoms with E-state index in [1.165, 1.54) is 36.4 Å². The van der Waals surface area contributed by atoms with Gasteiger partial charge in [-0.2, -0.15) is 5.21 Å². The Hall–Kier alpha value is -3.50. The summed E-state index contributed by atoms with van der Waals surface area (Å²) in [5.41, 5.74) is 7.01. The molecule has 3 rings (SSSR count). The van der Waals surface area contributed by atoms with Gasteiger partial charge in [-0.25, -0.2) is 4.39 Å². The van der Waals surface area contributed by atoms with Crippen molar-refractivity contribution in [3.05, 3.63) is 59.4 Å². The molecule has 31 heavy (non-hydrogen) atoms. The number of tetrazole rings is 1. The molecule has 1 unspecified atom stereocenters. The van der Waals surface area contributed by atoms with E-state index in [2.05, 4.69) is 25.4 Å². The third-order valence-electron chi connectivity index (χ3n) is 4.61. The highest BCUT2D eigenvalue weighted by atomic mass is 19.4. The zero-order valence-electron chi connectivity index (χ0n) is 16.2. The standard InChI is InChI=1S/C20H19F4N5O2/c21-16-10-14(9-15(11-16)19-26-28-29-27-19)13(2-1-3-18(25)30)8-12-4-6-17(7-5-12)31-20(22,23)24/h4-7,9-11,13H,1-3,8H2,(H2,25,30)(H,26,27,28,29). The molecule has 1 amide bonds. The van der Waals surface area contributed by atoms with E-state index >= 15 is 0 Å². The number of hydrogen-bond donors (Lipinski definition) is 2. The van der Waals surface area contributed by atoms with E-state index in [1.807, 2.05) is 0 Å². The van der Waals surface area contributed by atoms with Gasteiger partial charge >= 0.3 is 6.36 Å². The molecular weight excluding hydrogens is 418 g/mol. The Bertz CT molecular complexity index is 1010. The maximum atomic E-state index is 14.3. The van der Waals surface area contributed by atoms with Gasteiger partial charge in [-0.3, -0.25) is 4.79 Å². The van der Waals surface area contributed by atoms with E-state index in [1.54, 1.807) is 6.07 Å². The van der Waals surface area contributed by atoms with Crippen molar-refractivity contribution in [2.45, 2.75) is 38.0 Å². The van der Waals surface area contributed by atoms with Crippen LogP contribution in [0.15, 0.2) is 42.5 Å². The Labute approximate surface area is 174 Å². The summed E-state index contributed by atoms with van der Waals surface area (Å²) in [5, 5.41) is 13.5. The summed E-state index contributed by atoms with van der Waals surface area (Å²) >= 11 is 0. The first-order valence-electron chi connectivity index (χ1n) is 9.37. The molecule has 3 N–H and O–H groups in total. The first kappa shape index (κ1) is 22.2. The van der Waals surface area contributed by atoms with Gasteiger partial charge < -0.3 is 10.5 Å². The van der Waals surface area contributed by atoms with Crippen molar-refractivity contribution >= 4 is 5.91 Å². The summed E-state index contributed by atoms with van der Waals surface area (Å²) in [6.45, 7) is 0. The minimum absolute atomic E-state index is 0.169. The zero-order valence-corrected chi connectivity index (χ0v) is 16.2. The molecule has 7 nitrogen and oxygen atoms in total. The Morgan fingerprint density at radius 1 is 1.16 bits per heavy atom. The summed E-state index contributed by atoms with van der Waals surface area (Å²) in [7, 11) is 0. The number of aromatic nitrogens is 4. The highest BCUT2D eigenvalue weighted by Gasteiger charge is 2.31. The number of nitrogens with zero attached hydrogens (tertiary/aromatic N) is 3. The van der Waals surface area contributed by atoms with Gasteiger partial charge in [0, 0.05) is 12.0 Å². The summed E-state index contributed by atoms with van der Waals surface area (Å²) in [6.07, 6.45) is -3.21. The van der Waals surface area contributed by atoms with Crippen LogP contribution in [-0.4, -0.2) is 32.9 Å². The van der Waals surface area contributed by atoms with E-state index in [9.17, 15) is 22.4 Å². The smallest absolute Gasteiger partial charge is 0.406 e. The number of ether oxygens (including phenoxy) is 1. The molecule has 0 aliphatic heterocycles.